The lowest BCUT2D eigenvalue weighted by atomic mass is 9.89. The summed E-state index contributed by atoms with van der Waals surface area (Å²) in [5.74, 6) is 0.922. The third-order valence-electron chi connectivity index (χ3n) is 4.15. The Hall–Kier alpha value is -0.570. The maximum absolute atomic E-state index is 10.3. The number of carbonyl (C=O) groups is 1. The first-order valence-corrected chi connectivity index (χ1v) is 6.81. The molecule has 92 valence electrons. The smallest absolute Gasteiger partial charge is 0.207 e. The van der Waals surface area contributed by atoms with Gasteiger partial charge in [-0.05, 0) is 38.1 Å². The van der Waals surface area contributed by atoms with Crippen LogP contribution in [-0.4, -0.2) is 37.0 Å². The van der Waals surface area contributed by atoms with E-state index in [9.17, 15) is 4.79 Å². The van der Waals surface area contributed by atoms with Gasteiger partial charge in [-0.1, -0.05) is 19.3 Å². The van der Waals surface area contributed by atoms with Crippen LogP contribution in [0.3, 0.4) is 0 Å². The molecular formula is C13H24N2O. The standard InChI is InChI=1S/C13H24N2O/c16-11-14-9-13-7-4-8-15(13)10-12-5-2-1-3-6-12/h11-13H,1-10H2,(H,14,16)/t13-/m0/s1. The predicted molar refractivity (Wildman–Crippen MR) is 65.2 cm³/mol. The Bertz CT molecular complexity index is 214. The number of nitrogens with zero attached hydrogens (tertiary/aromatic N) is 1. The highest BCUT2D eigenvalue weighted by Gasteiger charge is 2.26. The first kappa shape index (κ1) is 11.9. The summed E-state index contributed by atoms with van der Waals surface area (Å²) in [6, 6.07) is 0.604. The zero-order valence-electron chi connectivity index (χ0n) is 10.2. The Morgan fingerprint density at radius 1 is 1.12 bits per heavy atom. The SMILES string of the molecule is O=CNC[C@@H]1CCCN1CC1CCCCC1. The largest absolute Gasteiger partial charge is 0.357 e. The number of hydrogen-bond acceptors (Lipinski definition) is 2. The maximum atomic E-state index is 10.3. The quantitative estimate of drug-likeness (QED) is 0.722. The third kappa shape index (κ3) is 3.21. The Morgan fingerprint density at radius 3 is 2.69 bits per heavy atom. The van der Waals surface area contributed by atoms with Crippen molar-refractivity contribution in [2.24, 2.45) is 5.92 Å². The number of hydrogen-bond donors (Lipinski definition) is 1. The van der Waals surface area contributed by atoms with Gasteiger partial charge in [-0.25, -0.2) is 0 Å². The first-order chi connectivity index (χ1) is 7.90. The molecule has 1 saturated heterocycles. The predicted octanol–water partition coefficient (Wildman–Crippen LogP) is 1.78. The van der Waals surface area contributed by atoms with Crippen LogP contribution in [0.1, 0.15) is 44.9 Å². The fourth-order valence-corrected chi connectivity index (χ4v) is 3.25. The van der Waals surface area contributed by atoms with Crippen molar-refractivity contribution in [1.82, 2.24) is 10.2 Å². The average molecular weight is 224 g/mol. The first-order valence-electron chi connectivity index (χ1n) is 6.81. The van der Waals surface area contributed by atoms with Crippen molar-refractivity contribution in [1.29, 1.82) is 0 Å². The molecule has 0 spiro atoms. The summed E-state index contributed by atoms with van der Waals surface area (Å²) in [4.78, 5) is 12.9. The van der Waals surface area contributed by atoms with Crippen molar-refractivity contribution in [2.45, 2.75) is 51.0 Å². The minimum Gasteiger partial charge on any atom is -0.357 e. The Kier molecular flexibility index (Phi) is 4.64. The van der Waals surface area contributed by atoms with E-state index in [1.165, 1.54) is 58.0 Å². The molecule has 0 bridgehead atoms. The van der Waals surface area contributed by atoms with E-state index in [2.05, 4.69) is 10.2 Å². The summed E-state index contributed by atoms with van der Waals surface area (Å²) in [5, 5.41) is 2.84. The van der Waals surface area contributed by atoms with Gasteiger partial charge in [0.05, 0.1) is 0 Å². The van der Waals surface area contributed by atoms with Gasteiger partial charge in [0.2, 0.25) is 6.41 Å². The highest BCUT2D eigenvalue weighted by atomic mass is 16.1. The van der Waals surface area contributed by atoms with E-state index in [1.807, 2.05) is 0 Å². The van der Waals surface area contributed by atoms with Gasteiger partial charge in [-0.2, -0.15) is 0 Å². The molecule has 16 heavy (non-hydrogen) atoms. The summed E-state index contributed by atoms with van der Waals surface area (Å²) < 4.78 is 0. The molecule has 3 nitrogen and oxygen atoms in total. The second kappa shape index (κ2) is 6.24. The van der Waals surface area contributed by atoms with Gasteiger partial charge >= 0.3 is 0 Å². The van der Waals surface area contributed by atoms with Crippen LogP contribution in [0.5, 0.6) is 0 Å². The molecule has 0 unspecified atom stereocenters. The highest BCUT2D eigenvalue weighted by Crippen LogP contribution is 2.27. The van der Waals surface area contributed by atoms with E-state index in [0.29, 0.717) is 6.04 Å². The lowest BCUT2D eigenvalue weighted by Crippen LogP contribution is -2.40. The Morgan fingerprint density at radius 2 is 1.94 bits per heavy atom. The second-order valence-corrected chi connectivity index (χ2v) is 5.32. The third-order valence-corrected chi connectivity index (χ3v) is 4.15. The van der Waals surface area contributed by atoms with Crippen LogP contribution >= 0.6 is 0 Å². The van der Waals surface area contributed by atoms with Crippen LogP contribution in [0.25, 0.3) is 0 Å². The zero-order valence-corrected chi connectivity index (χ0v) is 10.2. The fraction of sp³-hybridized carbons (Fsp3) is 0.923. The lowest BCUT2D eigenvalue weighted by Gasteiger charge is -2.30. The van der Waals surface area contributed by atoms with Crippen molar-refractivity contribution in [3.63, 3.8) is 0 Å². The van der Waals surface area contributed by atoms with Crippen molar-refractivity contribution >= 4 is 6.41 Å². The molecule has 1 aliphatic carbocycles. The van der Waals surface area contributed by atoms with Gasteiger partial charge in [-0.15, -0.1) is 0 Å². The van der Waals surface area contributed by atoms with Crippen molar-refractivity contribution in [3.8, 4) is 0 Å². The van der Waals surface area contributed by atoms with Crippen LogP contribution in [0.2, 0.25) is 0 Å². The van der Waals surface area contributed by atoms with E-state index < -0.39 is 0 Å². The van der Waals surface area contributed by atoms with Gasteiger partial charge in [0.15, 0.2) is 0 Å². The number of likely N-dealkylation sites (tertiary alicyclic amines) is 1. The van der Waals surface area contributed by atoms with E-state index >= 15 is 0 Å². The van der Waals surface area contributed by atoms with E-state index in [-0.39, 0.29) is 0 Å². The van der Waals surface area contributed by atoms with Gasteiger partial charge in [0, 0.05) is 19.1 Å². The number of rotatable bonds is 5. The molecule has 1 heterocycles. The normalized spacial score (nSPS) is 28.1. The van der Waals surface area contributed by atoms with E-state index in [0.717, 1.165) is 18.9 Å². The average Bonchev–Trinajstić information content (AvgIpc) is 2.75. The molecule has 1 aliphatic heterocycles. The molecule has 2 fully saturated rings. The molecule has 3 heteroatoms. The van der Waals surface area contributed by atoms with Crippen LogP contribution in [0, 0.1) is 5.92 Å². The molecule has 1 atom stereocenters. The van der Waals surface area contributed by atoms with Crippen molar-refractivity contribution in [2.75, 3.05) is 19.6 Å². The van der Waals surface area contributed by atoms with Gasteiger partial charge in [0.25, 0.3) is 0 Å². The minimum absolute atomic E-state index is 0.604. The molecule has 1 amide bonds. The van der Waals surface area contributed by atoms with Crippen LogP contribution in [0.15, 0.2) is 0 Å². The Labute approximate surface area is 98.6 Å². The highest BCUT2D eigenvalue weighted by molar-refractivity contribution is 5.45. The summed E-state index contributed by atoms with van der Waals surface area (Å²) in [7, 11) is 0. The monoisotopic (exact) mass is 224 g/mol. The molecule has 0 aromatic carbocycles. The molecule has 0 aromatic rings. The van der Waals surface area contributed by atoms with Crippen molar-refractivity contribution < 1.29 is 4.79 Å². The molecule has 0 radical (unpaired) electrons. The number of carbonyl (C=O) groups excluding carboxylic acids is 1. The number of nitrogens with one attached hydrogen (secondary N) is 1. The lowest BCUT2D eigenvalue weighted by molar-refractivity contribution is -0.109. The minimum atomic E-state index is 0.604. The van der Waals surface area contributed by atoms with Crippen LogP contribution in [0.4, 0.5) is 0 Å². The second-order valence-electron chi connectivity index (χ2n) is 5.32. The molecule has 1 saturated carbocycles. The maximum Gasteiger partial charge on any atom is 0.207 e. The van der Waals surface area contributed by atoms with Gasteiger partial charge < -0.3 is 5.32 Å². The van der Waals surface area contributed by atoms with Crippen LogP contribution in [-0.2, 0) is 4.79 Å². The molecule has 1 N–H and O–H groups in total. The zero-order chi connectivity index (χ0) is 11.2. The van der Waals surface area contributed by atoms with Crippen molar-refractivity contribution in [3.05, 3.63) is 0 Å². The topological polar surface area (TPSA) is 32.3 Å². The van der Waals surface area contributed by atoms with Crippen LogP contribution < -0.4 is 5.32 Å². The van der Waals surface area contributed by atoms with E-state index in [4.69, 9.17) is 0 Å². The molecular weight excluding hydrogens is 200 g/mol. The molecule has 2 rings (SSSR count). The summed E-state index contributed by atoms with van der Waals surface area (Å²) >= 11 is 0. The summed E-state index contributed by atoms with van der Waals surface area (Å²) in [6.45, 7) is 3.35. The van der Waals surface area contributed by atoms with Gasteiger partial charge in [-0.3, -0.25) is 9.69 Å². The van der Waals surface area contributed by atoms with Gasteiger partial charge in [0.1, 0.15) is 0 Å². The summed E-state index contributed by atoms with van der Waals surface area (Å²) in [6.07, 6.45) is 10.5. The fourth-order valence-electron chi connectivity index (χ4n) is 3.25. The number of amides is 1. The Balaban J connectivity index is 1.75. The van der Waals surface area contributed by atoms with E-state index in [1.54, 1.807) is 0 Å². The molecule has 0 aromatic heterocycles. The summed E-state index contributed by atoms with van der Waals surface area (Å²) in [5.41, 5.74) is 0. The molecule has 2 aliphatic rings.